The number of ether oxygens (including phenoxy) is 2. The molecule has 2 amide bonds. The number of carbonyl (C=O) groups is 2. The third-order valence-corrected chi connectivity index (χ3v) is 2.81. The molecular weight excluding hydrogens is 272 g/mol. The van der Waals surface area contributed by atoms with Gasteiger partial charge in [-0.1, -0.05) is 20.8 Å². The summed E-state index contributed by atoms with van der Waals surface area (Å²) in [6.07, 6.45) is 0.328. The number of benzene rings is 1. The first-order valence-corrected chi connectivity index (χ1v) is 6.84. The molecule has 1 aliphatic heterocycles. The van der Waals surface area contributed by atoms with Crippen molar-refractivity contribution in [1.82, 2.24) is 10.9 Å². The Bertz CT molecular complexity index is 549. The monoisotopic (exact) mass is 292 g/mol. The second-order valence-electron chi connectivity index (χ2n) is 6.10. The smallest absolute Gasteiger partial charge is 0.269 e. The van der Waals surface area contributed by atoms with E-state index in [4.69, 9.17) is 9.47 Å². The van der Waals surface area contributed by atoms with E-state index in [-0.39, 0.29) is 11.3 Å². The third-order valence-electron chi connectivity index (χ3n) is 2.81. The van der Waals surface area contributed by atoms with Gasteiger partial charge >= 0.3 is 0 Å². The Morgan fingerprint density at radius 2 is 1.76 bits per heavy atom. The van der Waals surface area contributed by atoms with Crippen molar-refractivity contribution in [3.63, 3.8) is 0 Å². The molecule has 0 saturated carbocycles. The van der Waals surface area contributed by atoms with E-state index in [1.807, 2.05) is 20.8 Å². The molecule has 0 bridgehead atoms. The molecule has 1 aromatic carbocycles. The fourth-order valence-electron chi connectivity index (χ4n) is 1.91. The molecule has 2 N–H and O–H groups in total. The number of nitrogens with one attached hydrogen (secondary N) is 2. The van der Waals surface area contributed by atoms with Crippen LogP contribution in [-0.2, 0) is 4.79 Å². The predicted octanol–water partition coefficient (Wildman–Crippen LogP) is 1.65. The number of hydrogen-bond acceptors (Lipinski definition) is 4. The van der Waals surface area contributed by atoms with Crippen molar-refractivity contribution in [3.05, 3.63) is 23.8 Å². The third kappa shape index (κ3) is 4.37. The topological polar surface area (TPSA) is 76.7 Å². The van der Waals surface area contributed by atoms with Gasteiger partial charge < -0.3 is 9.47 Å². The molecule has 0 aromatic heterocycles. The lowest BCUT2D eigenvalue weighted by Gasteiger charge is -2.19. The van der Waals surface area contributed by atoms with Crippen LogP contribution in [0.1, 0.15) is 37.6 Å². The molecule has 0 fully saturated rings. The maximum absolute atomic E-state index is 12.0. The number of fused-ring (bicyclic) bond motifs is 1. The summed E-state index contributed by atoms with van der Waals surface area (Å²) in [7, 11) is 0. The second-order valence-corrected chi connectivity index (χ2v) is 6.10. The van der Waals surface area contributed by atoms with Crippen LogP contribution >= 0.6 is 0 Å². The summed E-state index contributed by atoms with van der Waals surface area (Å²) >= 11 is 0. The minimum atomic E-state index is -0.394. The Hall–Kier alpha value is -2.24. The van der Waals surface area contributed by atoms with Gasteiger partial charge in [-0.05, 0) is 23.6 Å². The molecule has 114 valence electrons. The van der Waals surface area contributed by atoms with Crippen LogP contribution in [0.4, 0.5) is 0 Å². The lowest BCUT2D eigenvalue weighted by molar-refractivity contribution is -0.123. The number of hydrazine groups is 1. The Morgan fingerprint density at radius 1 is 1.10 bits per heavy atom. The largest absolute Gasteiger partial charge is 0.486 e. The highest BCUT2D eigenvalue weighted by molar-refractivity contribution is 5.96. The van der Waals surface area contributed by atoms with Crippen molar-refractivity contribution in [2.24, 2.45) is 5.41 Å². The van der Waals surface area contributed by atoms with Crippen molar-refractivity contribution < 1.29 is 19.1 Å². The van der Waals surface area contributed by atoms with Crippen molar-refractivity contribution in [2.75, 3.05) is 13.2 Å². The van der Waals surface area contributed by atoms with Gasteiger partial charge in [-0.15, -0.1) is 0 Å². The summed E-state index contributed by atoms with van der Waals surface area (Å²) in [5.74, 6) is 0.534. The van der Waals surface area contributed by atoms with E-state index >= 15 is 0 Å². The molecule has 1 heterocycles. The van der Waals surface area contributed by atoms with Gasteiger partial charge in [0.2, 0.25) is 5.91 Å². The van der Waals surface area contributed by atoms with E-state index < -0.39 is 5.91 Å². The van der Waals surface area contributed by atoms with Gasteiger partial charge in [0.15, 0.2) is 11.5 Å². The molecule has 0 aliphatic carbocycles. The zero-order valence-corrected chi connectivity index (χ0v) is 12.5. The fraction of sp³-hybridized carbons (Fsp3) is 0.467. The van der Waals surface area contributed by atoms with Crippen LogP contribution in [0.5, 0.6) is 11.5 Å². The molecule has 1 aliphatic rings. The van der Waals surface area contributed by atoms with Gasteiger partial charge in [0.1, 0.15) is 13.2 Å². The summed E-state index contributed by atoms with van der Waals surface area (Å²) in [4.78, 5) is 23.6. The first kappa shape index (κ1) is 15.2. The molecule has 2 rings (SSSR count). The molecule has 0 radical (unpaired) electrons. The maximum Gasteiger partial charge on any atom is 0.269 e. The van der Waals surface area contributed by atoms with Gasteiger partial charge in [-0.3, -0.25) is 20.4 Å². The van der Waals surface area contributed by atoms with Gasteiger partial charge in [0.25, 0.3) is 5.91 Å². The summed E-state index contributed by atoms with van der Waals surface area (Å²) in [5.41, 5.74) is 5.07. The standard InChI is InChI=1S/C15H20N2O4/c1-15(2,3)9-13(18)16-17-14(19)10-4-5-11-12(8-10)21-7-6-20-11/h4-5,8H,6-7,9H2,1-3H3,(H,16,18)(H,17,19). The van der Waals surface area contributed by atoms with Crippen LogP contribution in [-0.4, -0.2) is 25.0 Å². The van der Waals surface area contributed by atoms with E-state index in [9.17, 15) is 9.59 Å². The molecule has 0 unspecified atom stereocenters. The SMILES string of the molecule is CC(C)(C)CC(=O)NNC(=O)c1ccc2c(c1)OCCO2. The molecule has 0 spiro atoms. The molecule has 21 heavy (non-hydrogen) atoms. The van der Waals surface area contributed by atoms with Crippen molar-refractivity contribution >= 4 is 11.8 Å². The lowest BCUT2D eigenvalue weighted by atomic mass is 9.92. The molecule has 6 heteroatoms. The highest BCUT2D eigenvalue weighted by Crippen LogP contribution is 2.30. The van der Waals surface area contributed by atoms with Crippen LogP contribution in [0, 0.1) is 5.41 Å². The number of amides is 2. The molecule has 1 aromatic rings. The Morgan fingerprint density at radius 3 is 2.43 bits per heavy atom. The molecule has 0 saturated heterocycles. The highest BCUT2D eigenvalue weighted by Gasteiger charge is 2.18. The minimum absolute atomic E-state index is 0.133. The van der Waals surface area contributed by atoms with Crippen LogP contribution < -0.4 is 20.3 Å². The molecule has 6 nitrogen and oxygen atoms in total. The number of carbonyl (C=O) groups excluding carboxylic acids is 2. The quantitative estimate of drug-likeness (QED) is 0.813. The predicted molar refractivity (Wildman–Crippen MR) is 77.1 cm³/mol. The van der Waals surface area contributed by atoms with Crippen LogP contribution in [0.15, 0.2) is 18.2 Å². The van der Waals surface area contributed by atoms with Gasteiger partial charge in [-0.2, -0.15) is 0 Å². The van der Waals surface area contributed by atoms with Crippen molar-refractivity contribution in [1.29, 1.82) is 0 Å². The van der Waals surface area contributed by atoms with Crippen molar-refractivity contribution in [3.8, 4) is 11.5 Å². The van der Waals surface area contributed by atoms with E-state index in [0.29, 0.717) is 36.7 Å². The Labute approximate surface area is 123 Å². The summed E-state index contributed by atoms with van der Waals surface area (Å²) in [6, 6.07) is 4.90. The summed E-state index contributed by atoms with van der Waals surface area (Å²) in [6.45, 7) is 6.82. The van der Waals surface area contributed by atoms with Gasteiger partial charge in [0.05, 0.1) is 0 Å². The fourth-order valence-corrected chi connectivity index (χ4v) is 1.91. The first-order chi connectivity index (χ1) is 9.85. The highest BCUT2D eigenvalue weighted by atomic mass is 16.6. The molecular formula is C15H20N2O4. The Kier molecular flexibility index (Phi) is 4.35. The first-order valence-electron chi connectivity index (χ1n) is 6.84. The zero-order chi connectivity index (χ0) is 15.5. The molecule has 0 atom stereocenters. The summed E-state index contributed by atoms with van der Waals surface area (Å²) in [5, 5.41) is 0. The van der Waals surface area contributed by atoms with E-state index in [2.05, 4.69) is 10.9 Å². The average Bonchev–Trinajstić information content (AvgIpc) is 2.42. The van der Waals surface area contributed by atoms with Crippen LogP contribution in [0.2, 0.25) is 0 Å². The minimum Gasteiger partial charge on any atom is -0.486 e. The lowest BCUT2D eigenvalue weighted by Crippen LogP contribution is -2.42. The van der Waals surface area contributed by atoms with E-state index in [1.165, 1.54) is 0 Å². The van der Waals surface area contributed by atoms with Crippen LogP contribution in [0.3, 0.4) is 0 Å². The zero-order valence-electron chi connectivity index (χ0n) is 12.5. The van der Waals surface area contributed by atoms with Crippen LogP contribution in [0.25, 0.3) is 0 Å². The van der Waals surface area contributed by atoms with Crippen molar-refractivity contribution in [2.45, 2.75) is 27.2 Å². The second kappa shape index (κ2) is 6.03. The van der Waals surface area contributed by atoms with E-state index in [0.717, 1.165) is 0 Å². The maximum atomic E-state index is 12.0. The average molecular weight is 292 g/mol. The summed E-state index contributed by atoms with van der Waals surface area (Å²) < 4.78 is 10.8. The normalized spacial score (nSPS) is 13.5. The van der Waals surface area contributed by atoms with Gasteiger partial charge in [0, 0.05) is 12.0 Å². The Balaban J connectivity index is 1.93. The number of hydrogen-bond donors (Lipinski definition) is 2. The van der Waals surface area contributed by atoms with Gasteiger partial charge in [-0.25, -0.2) is 0 Å². The number of rotatable bonds is 2. The van der Waals surface area contributed by atoms with E-state index in [1.54, 1.807) is 18.2 Å².